The van der Waals surface area contributed by atoms with Crippen LogP contribution in [0.25, 0.3) is 0 Å². The molecule has 0 spiro atoms. The number of hydrogen-bond acceptors (Lipinski definition) is 8. The molecule has 0 aromatic heterocycles. The van der Waals surface area contributed by atoms with Crippen LogP contribution in [0, 0.1) is 0 Å². The Morgan fingerprint density at radius 2 is 0.628 bits per heavy atom. The number of allylic oxidation sites excluding steroid dienone is 28. The maximum absolute atomic E-state index is 12.9. The van der Waals surface area contributed by atoms with Crippen LogP contribution >= 0.6 is 7.82 Å². The number of quaternary nitrogens is 1. The Hall–Kier alpha value is -4.63. The second-order valence-corrected chi connectivity index (χ2v) is 24.5. The summed E-state index contributed by atoms with van der Waals surface area (Å²) in [4.78, 5) is 38.0. The van der Waals surface area contributed by atoms with Crippen molar-refractivity contribution in [3.63, 3.8) is 0 Å². The van der Waals surface area contributed by atoms with Crippen molar-refractivity contribution in [3.8, 4) is 0 Å². The summed E-state index contributed by atoms with van der Waals surface area (Å²) in [6.07, 6.45) is 98.5. The van der Waals surface area contributed by atoms with Gasteiger partial charge in [0, 0.05) is 12.8 Å². The van der Waals surface area contributed by atoms with E-state index in [2.05, 4.69) is 184 Å². The quantitative estimate of drug-likeness (QED) is 0.0195. The molecule has 2 unspecified atom stereocenters. The van der Waals surface area contributed by atoms with E-state index in [1.807, 2.05) is 21.1 Å². The van der Waals surface area contributed by atoms with Crippen LogP contribution in [0.1, 0.15) is 245 Å². The second-order valence-electron chi connectivity index (χ2n) is 23.1. The van der Waals surface area contributed by atoms with Gasteiger partial charge in [-0.2, -0.15) is 0 Å². The highest BCUT2D eigenvalue weighted by atomic mass is 31.2. The Kier molecular flexibility index (Phi) is 61.3. The van der Waals surface area contributed by atoms with E-state index in [9.17, 15) is 19.0 Å². The van der Waals surface area contributed by atoms with E-state index in [0.29, 0.717) is 23.9 Å². The normalized spacial score (nSPS) is 14.3. The molecule has 0 aromatic carbocycles. The Labute approximate surface area is 528 Å². The zero-order valence-electron chi connectivity index (χ0n) is 55.2. The molecule has 486 valence electrons. The van der Waals surface area contributed by atoms with Gasteiger partial charge in [0.15, 0.2) is 6.10 Å². The highest BCUT2D eigenvalue weighted by Crippen LogP contribution is 2.38. The minimum Gasteiger partial charge on any atom is -0.756 e. The van der Waals surface area contributed by atoms with Crippen LogP contribution in [0.4, 0.5) is 0 Å². The number of phosphoric acid groups is 1. The predicted molar refractivity (Wildman–Crippen MR) is 369 cm³/mol. The maximum atomic E-state index is 12.9. The van der Waals surface area contributed by atoms with Crippen molar-refractivity contribution in [3.05, 3.63) is 170 Å². The molecular weight excluding hydrogens is 1090 g/mol. The molecule has 0 heterocycles. The highest BCUT2D eigenvalue weighted by molar-refractivity contribution is 7.45. The van der Waals surface area contributed by atoms with E-state index < -0.39 is 32.5 Å². The second kappa shape index (κ2) is 64.8. The molecule has 10 heteroatoms. The minimum atomic E-state index is -4.66. The van der Waals surface area contributed by atoms with Gasteiger partial charge in [-0.15, -0.1) is 0 Å². The SMILES string of the molecule is CC/C=C\C/C=C\C/C=C\C/C=C\C/C=C\C/C=C\C/C=C\CCCCCCCCCCCCCCCCCC(=O)OC(COC(=O)CCCCC/C=C\C/C=C\C/C=C\C/C=C\C/C=C\C/C=C\C/C=C\CC)COP(=O)([O-])OCC[N+](C)(C)C. The first-order valence-corrected chi connectivity index (χ1v) is 35.3. The average molecular weight is 1210 g/mol. The van der Waals surface area contributed by atoms with E-state index in [4.69, 9.17) is 18.5 Å². The summed E-state index contributed by atoms with van der Waals surface area (Å²) in [5, 5.41) is 0. The Bertz CT molecular complexity index is 2060. The maximum Gasteiger partial charge on any atom is 0.306 e. The van der Waals surface area contributed by atoms with Gasteiger partial charge in [-0.1, -0.05) is 274 Å². The van der Waals surface area contributed by atoms with Gasteiger partial charge >= 0.3 is 11.9 Å². The molecule has 9 nitrogen and oxygen atoms in total. The molecule has 0 saturated carbocycles. The Morgan fingerprint density at radius 1 is 0.360 bits per heavy atom. The lowest BCUT2D eigenvalue weighted by molar-refractivity contribution is -0.870. The largest absolute Gasteiger partial charge is 0.756 e. The number of nitrogens with zero attached hydrogens (tertiary/aromatic N) is 1. The fourth-order valence-electron chi connectivity index (χ4n) is 8.62. The van der Waals surface area contributed by atoms with Gasteiger partial charge in [0.25, 0.3) is 7.82 Å². The molecule has 0 saturated heterocycles. The standard InChI is InChI=1S/C76H124NO8P/c1-6-8-10-12-14-16-18-20-22-24-26-28-30-32-33-34-35-36-37-38-39-40-41-42-43-45-47-49-51-53-55-57-59-61-63-65-67-69-76(79)85-74(73-84-86(80,81)83-71-70-77(3,4)5)72-82-75(78)68-66-64-62-60-58-56-54-52-50-48-46-44-31-29-27-25-23-21-19-17-15-13-11-9-7-2/h8-11,14-17,20-23,26-29,32-33,35-36,38-39,44,46,50,52,56,58,74H,6-7,12-13,18-19,24-25,30-31,34,37,40-43,45,47-49,51,53-55,57,59-73H2,1-5H3/b10-8-,11-9-,16-14-,17-15-,22-20-,23-21-,28-26-,29-27-,33-32-,36-35-,39-38-,46-44-,52-50-,58-56-. The van der Waals surface area contributed by atoms with Crippen molar-refractivity contribution in [2.24, 2.45) is 0 Å². The fourth-order valence-corrected chi connectivity index (χ4v) is 9.35. The highest BCUT2D eigenvalue weighted by Gasteiger charge is 2.22. The third kappa shape index (κ3) is 68.5. The van der Waals surface area contributed by atoms with E-state index >= 15 is 0 Å². The monoisotopic (exact) mass is 1210 g/mol. The van der Waals surface area contributed by atoms with Gasteiger partial charge in [-0.05, 0) is 128 Å². The zero-order chi connectivity index (χ0) is 62.6. The molecule has 2 atom stereocenters. The fraction of sp³-hybridized carbons (Fsp3) is 0.605. The molecule has 0 amide bonds. The van der Waals surface area contributed by atoms with E-state index in [-0.39, 0.29) is 26.1 Å². The van der Waals surface area contributed by atoms with Crippen molar-refractivity contribution in [1.29, 1.82) is 0 Å². The molecular formula is C76H124NO8P. The number of carbonyl (C=O) groups excluding carboxylic acids is 2. The minimum absolute atomic E-state index is 0.0450. The number of unbranched alkanes of at least 4 members (excludes halogenated alkanes) is 18. The first-order valence-electron chi connectivity index (χ1n) is 33.8. The first kappa shape index (κ1) is 81.4. The van der Waals surface area contributed by atoms with Gasteiger partial charge in [-0.3, -0.25) is 14.2 Å². The van der Waals surface area contributed by atoms with Crippen molar-refractivity contribution in [2.45, 2.75) is 251 Å². The topological polar surface area (TPSA) is 111 Å². The van der Waals surface area contributed by atoms with Gasteiger partial charge in [0.1, 0.15) is 19.8 Å². The number of esters is 2. The molecule has 0 rings (SSSR count). The summed E-state index contributed by atoms with van der Waals surface area (Å²) < 4.78 is 34.2. The summed E-state index contributed by atoms with van der Waals surface area (Å²) in [5.74, 6) is -0.881. The van der Waals surface area contributed by atoms with Crippen molar-refractivity contribution in [1.82, 2.24) is 0 Å². The lowest BCUT2D eigenvalue weighted by Gasteiger charge is -2.28. The molecule has 0 fully saturated rings. The molecule has 0 aliphatic carbocycles. The van der Waals surface area contributed by atoms with Crippen LogP contribution in [-0.2, 0) is 32.7 Å². The zero-order valence-corrected chi connectivity index (χ0v) is 56.1. The lowest BCUT2D eigenvalue weighted by Crippen LogP contribution is -2.37. The number of hydrogen-bond donors (Lipinski definition) is 0. The van der Waals surface area contributed by atoms with Crippen LogP contribution in [0.15, 0.2) is 170 Å². The van der Waals surface area contributed by atoms with Crippen LogP contribution in [0.3, 0.4) is 0 Å². The summed E-state index contributed by atoms with van der Waals surface area (Å²) in [7, 11) is 1.13. The van der Waals surface area contributed by atoms with E-state index in [1.54, 1.807) is 0 Å². The number of phosphoric ester groups is 1. The molecule has 0 aliphatic heterocycles. The van der Waals surface area contributed by atoms with Crippen molar-refractivity contribution < 1.29 is 42.1 Å². The predicted octanol–water partition coefficient (Wildman–Crippen LogP) is 21.5. The van der Waals surface area contributed by atoms with E-state index in [0.717, 1.165) is 128 Å². The summed E-state index contributed by atoms with van der Waals surface area (Å²) in [6, 6.07) is 0. The van der Waals surface area contributed by atoms with Gasteiger partial charge < -0.3 is 27.9 Å². The molecule has 0 aromatic rings. The average Bonchev–Trinajstić information content (AvgIpc) is 3.67. The first-order chi connectivity index (χ1) is 42.0. The number of rotatable bonds is 60. The van der Waals surface area contributed by atoms with E-state index in [1.165, 1.54) is 77.0 Å². The molecule has 0 aliphatic rings. The number of ether oxygens (including phenoxy) is 2. The smallest absolute Gasteiger partial charge is 0.306 e. The lowest BCUT2D eigenvalue weighted by atomic mass is 10.0. The van der Waals surface area contributed by atoms with Crippen LogP contribution < -0.4 is 4.89 Å². The van der Waals surface area contributed by atoms with Crippen LogP contribution in [0.5, 0.6) is 0 Å². The van der Waals surface area contributed by atoms with Crippen molar-refractivity contribution >= 4 is 19.8 Å². The molecule has 0 radical (unpaired) electrons. The third-order valence-corrected chi connectivity index (χ3v) is 14.7. The summed E-state index contributed by atoms with van der Waals surface area (Å²) >= 11 is 0. The van der Waals surface area contributed by atoms with Crippen LogP contribution in [-0.4, -0.2) is 70.0 Å². The summed E-state index contributed by atoms with van der Waals surface area (Å²) in [5.41, 5.74) is 0. The Balaban J connectivity index is 4.14. The number of carbonyl (C=O) groups is 2. The van der Waals surface area contributed by atoms with Gasteiger partial charge in [0.05, 0.1) is 27.7 Å². The molecule has 0 N–H and O–H groups in total. The Morgan fingerprint density at radius 3 is 0.942 bits per heavy atom. The molecule has 86 heavy (non-hydrogen) atoms. The number of likely N-dealkylation sites (N-methyl/N-ethyl adjacent to an activating group) is 1. The van der Waals surface area contributed by atoms with Gasteiger partial charge in [0.2, 0.25) is 0 Å². The van der Waals surface area contributed by atoms with Crippen LogP contribution in [0.2, 0.25) is 0 Å². The van der Waals surface area contributed by atoms with Gasteiger partial charge in [-0.25, -0.2) is 0 Å². The third-order valence-electron chi connectivity index (χ3n) is 13.7. The summed E-state index contributed by atoms with van der Waals surface area (Å²) in [6.45, 7) is 3.96. The molecule has 0 bridgehead atoms. The van der Waals surface area contributed by atoms with Crippen molar-refractivity contribution in [2.75, 3.05) is 47.5 Å².